The second kappa shape index (κ2) is 7.05. The summed E-state index contributed by atoms with van der Waals surface area (Å²) in [5, 5.41) is 0.502. The normalized spacial score (nSPS) is 17.0. The second-order valence-electron chi connectivity index (χ2n) is 5.57. The molecule has 0 spiro atoms. The van der Waals surface area contributed by atoms with Crippen molar-refractivity contribution in [2.24, 2.45) is 0 Å². The highest BCUT2D eigenvalue weighted by Gasteiger charge is 2.30. The largest absolute Gasteiger partial charge is 0.496 e. The molecule has 6 nitrogen and oxygen atoms in total. The maximum absolute atomic E-state index is 12.7. The Balaban J connectivity index is 1.69. The zero-order valence-electron chi connectivity index (χ0n) is 13.5. The summed E-state index contributed by atoms with van der Waals surface area (Å²) >= 11 is 6.01. The Kier molecular flexibility index (Phi) is 4.85. The van der Waals surface area contributed by atoms with Gasteiger partial charge in [-0.2, -0.15) is 4.98 Å². The van der Waals surface area contributed by atoms with Gasteiger partial charge in [0.25, 0.3) is 5.91 Å². The summed E-state index contributed by atoms with van der Waals surface area (Å²) in [7, 11) is 1.54. The van der Waals surface area contributed by atoms with Crippen molar-refractivity contribution in [2.45, 2.75) is 19.4 Å². The van der Waals surface area contributed by atoms with Crippen molar-refractivity contribution in [3.63, 3.8) is 0 Å². The van der Waals surface area contributed by atoms with Crippen LogP contribution in [0.25, 0.3) is 0 Å². The van der Waals surface area contributed by atoms with E-state index in [2.05, 4.69) is 9.97 Å². The molecule has 1 aliphatic rings. The molecule has 1 aromatic heterocycles. The van der Waals surface area contributed by atoms with Crippen molar-refractivity contribution in [1.29, 1.82) is 0 Å². The number of aromatic nitrogens is 2. The van der Waals surface area contributed by atoms with Gasteiger partial charge in [-0.3, -0.25) is 4.79 Å². The van der Waals surface area contributed by atoms with Gasteiger partial charge in [0.1, 0.15) is 17.7 Å². The van der Waals surface area contributed by atoms with E-state index in [4.69, 9.17) is 21.1 Å². The molecular weight excluding hydrogens is 330 g/mol. The Morgan fingerprint density at radius 2 is 2.21 bits per heavy atom. The molecule has 0 aliphatic carbocycles. The summed E-state index contributed by atoms with van der Waals surface area (Å²) in [6, 6.07) is 6.75. The van der Waals surface area contributed by atoms with Gasteiger partial charge >= 0.3 is 0 Å². The molecule has 3 rings (SSSR count). The minimum atomic E-state index is -0.112. The van der Waals surface area contributed by atoms with Crippen molar-refractivity contribution in [2.75, 3.05) is 20.2 Å². The highest BCUT2D eigenvalue weighted by molar-refractivity contribution is 6.31. The monoisotopic (exact) mass is 347 g/mol. The quantitative estimate of drug-likeness (QED) is 0.850. The second-order valence-corrected chi connectivity index (χ2v) is 6.00. The van der Waals surface area contributed by atoms with Gasteiger partial charge in [-0.1, -0.05) is 11.6 Å². The maximum Gasteiger partial charge on any atom is 0.257 e. The molecule has 2 aromatic rings. The lowest BCUT2D eigenvalue weighted by Crippen LogP contribution is -2.31. The molecular formula is C17H18ClN3O3. The fraction of sp³-hybridized carbons (Fsp3) is 0.353. The van der Waals surface area contributed by atoms with Crippen LogP contribution in [0.15, 0.2) is 30.5 Å². The van der Waals surface area contributed by atoms with Crippen LogP contribution in [-0.2, 0) is 0 Å². The van der Waals surface area contributed by atoms with Gasteiger partial charge in [-0.05, 0) is 25.1 Å². The summed E-state index contributed by atoms with van der Waals surface area (Å²) < 4.78 is 11.1. The summed E-state index contributed by atoms with van der Waals surface area (Å²) in [4.78, 5) is 22.8. The number of methoxy groups -OCH3 is 1. The number of hydrogen-bond acceptors (Lipinski definition) is 5. The fourth-order valence-corrected chi connectivity index (χ4v) is 2.87. The van der Waals surface area contributed by atoms with Gasteiger partial charge in [0.05, 0.1) is 19.2 Å². The SMILES string of the molecule is COc1ccc(Cl)cc1C(=O)N1CC[C@@H](Oc2ccnc(C)n2)C1. The molecule has 0 saturated carbocycles. The van der Waals surface area contributed by atoms with Crippen LogP contribution in [0, 0.1) is 6.92 Å². The number of carbonyl (C=O) groups is 1. The molecule has 1 aromatic carbocycles. The third-order valence-corrected chi connectivity index (χ3v) is 4.10. The van der Waals surface area contributed by atoms with Crippen LogP contribution in [0.5, 0.6) is 11.6 Å². The molecule has 0 radical (unpaired) electrons. The average molecular weight is 348 g/mol. The molecule has 7 heteroatoms. The Labute approximate surface area is 145 Å². The Hall–Kier alpha value is -2.34. The zero-order chi connectivity index (χ0) is 17.1. The van der Waals surface area contributed by atoms with Gasteiger partial charge in [0, 0.05) is 30.3 Å². The number of halogens is 1. The van der Waals surface area contributed by atoms with Crippen molar-refractivity contribution >= 4 is 17.5 Å². The molecule has 1 aliphatic heterocycles. The van der Waals surface area contributed by atoms with Crippen molar-refractivity contribution in [1.82, 2.24) is 14.9 Å². The van der Waals surface area contributed by atoms with E-state index in [-0.39, 0.29) is 12.0 Å². The van der Waals surface area contributed by atoms with Gasteiger partial charge in [-0.25, -0.2) is 4.98 Å². The third kappa shape index (κ3) is 3.59. The summed E-state index contributed by atoms with van der Waals surface area (Å²) in [6.45, 7) is 2.92. The van der Waals surface area contributed by atoms with E-state index in [0.717, 1.165) is 6.42 Å². The number of ether oxygens (including phenoxy) is 2. The first-order valence-electron chi connectivity index (χ1n) is 7.66. The van der Waals surface area contributed by atoms with E-state index in [1.54, 1.807) is 35.4 Å². The number of aryl methyl sites for hydroxylation is 1. The number of hydrogen-bond donors (Lipinski definition) is 0. The van der Waals surface area contributed by atoms with Crippen LogP contribution in [0.3, 0.4) is 0 Å². The molecule has 126 valence electrons. The Morgan fingerprint density at radius 3 is 2.96 bits per heavy atom. The molecule has 1 amide bonds. The Morgan fingerprint density at radius 1 is 1.38 bits per heavy atom. The number of carbonyl (C=O) groups excluding carboxylic acids is 1. The van der Waals surface area contributed by atoms with E-state index < -0.39 is 0 Å². The van der Waals surface area contributed by atoms with Crippen LogP contribution in [0.2, 0.25) is 5.02 Å². The van der Waals surface area contributed by atoms with Gasteiger partial charge < -0.3 is 14.4 Å². The van der Waals surface area contributed by atoms with Crippen molar-refractivity contribution in [3.05, 3.63) is 46.9 Å². The van der Waals surface area contributed by atoms with E-state index in [9.17, 15) is 4.79 Å². The van der Waals surface area contributed by atoms with Crippen LogP contribution >= 0.6 is 11.6 Å². The van der Waals surface area contributed by atoms with Crippen molar-refractivity contribution < 1.29 is 14.3 Å². The van der Waals surface area contributed by atoms with Gasteiger partial charge in [0.15, 0.2) is 0 Å². The summed E-state index contributed by atoms with van der Waals surface area (Å²) in [5.41, 5.74) is 0.462. The number of nitrogens with zero attached hydrogens (tertiary/aromatic N) is 3. The minimum Gasteiger partial charge on any atom is -0.496 e. The van der Waals surface area contributed by atoms with E-state index in [1.165, 1.54) is 7.11 Å². The smallest absolute Gasteiger partial charge is 0.257 e. The first-order valence-corrected chi connectivity index (χ1v) is 8.03. The predicted molar refractivity (Wildman–Crippen MR) is 89.7 cm³/mol. The number of rotatable bonds is 4. The molecule has 0 bridgehead atoms. The zero-order valence-corrected chi connectivity index (χ0v) is 14.3. The Bertz CT molecular complexity index is 754. The highest BCUT2D eigenvalue weighted by Crippen LogP contribution is 2.26. The molecule has 0 N–H and O–H groups in total. The van der Waals surface area contributed by atoms with Crippen molar-refractivity contribution in [3.8, 4) is 11.6 Å². The summed E-state index contributed by atoms with van der Waals surface area (Å²) in [6.07, 6.45) is 2.32. The number of likely N-dealkylation sites (tertiary alicyclic amines) is 1. The lowest BCUT2D eigenvalue weighted by Gasteiger charge is -2.18. The lowest BCUT2D eigenvalue weighted by atomic mass is 10.1. The summed E-state index contributed by atoms with van der Waals surface area (Å²) in [5.74, 6) is 1.59. The molecule has 1 saturated heterocycles. The van der Waals surface area contributed by atoms with Crippen LogP contribution in [-0.4, -0.2) is 47.1 Å². The topological polar surface area (TPSA) is 64.5 Å². The predicted octanol–water partition coefficient (Wildman–Crippen LogP) is 2.74. The van der Waals surface area contributed by atoms with Gasteiger partial charge in [-0.15, -0.1) is 0 Å². The molecule has 1 fully saturated rings. The lowest BCUT2D eigenvalue weighted by molar-refractivity contribution is 0.0767. The standard InChI is InChI=1S/C17H18ClN3O3/c1-11-19-7-5-16(20-11)24-13-6-8-21(10-13)17(22)14-9-12(18)3-4-15(14)23-2/h3-5,7,9,13H,6,8,10H2,1-2H3/t13-/m1/s1. The molecule has 1 atom stereocenters. The molecule has 0 unspecified atom stereocenters. The van der Waals surface area contributed by atoms with E-state index in [1.807, 2.05) is 6.92 Å². The van der Waals surface area contributed by atoms with Gasteiger partial charge in [0.2, 0.25) is 5.88 Å². The number of amides is 1. The maximum atomic E-state index is 12.7. The van der Waals surface area contributed by atoms with Crippen LogP contribution in [0.4, 0.5) is 0 Å². The minimum absolute atomic E-state index is 0.0894. The third-order valence-electron chi connectivity index (χ3n) is 3.86. The average Bonchev–Trinajstić information content (AvgIpc) is 3.02. The van der Waals surface area contributed by atoms with E-state index in [0.29, 0.717) is 41.1 Å². The van der Waals surface area contributed by atoms with E-state index >= 15 is 0 Å². The molecule has 2 heterocycles. The van der Waals surface area contributed by atoms with Crippen LogP contribution < -0.4 is 9.47 Å². The fourth-order valence-electron chi connectivity index (χ4n) is 2.70. The highest BCUT2D eigenvalue weighted by atomic mass is 35.5. The first-order chi connectivity index (χ1) is 11.6. The van der Waals surface area contributed by atoms with Crippen LogP contribution in [0.1, 0.15) is 22.6 Å². The number of benzene rings is 1. The first kappa shape index (κ1) is 16.5. The molecule has 24 heavy (non-hydrogen) atoms.